The lowest BCUT2D eigenvalue weighted by Crippen LogP contribution is -2.63. The Hall–Kier alpha value is -3.55. The van der Waals surface area contributed by atoms with Crippen LogP contribution in [0.3, 0.4) is 0 Å². The Labute approximate surface area is 316 Å². The predicted octanol–water partition coefficient (Wildman–Crippen LogP) is 3.39. The van der Waals surface area contributed by atoms with Crippen LogP contribution in [0, 0.1) is 17.8 Å². The van der Waals surface area contributed by atoms with Crippen LogP contribution >= 0.6 is 0 Å². The van der Waals surface area contributed by atoms with Crippen molar-refractivity contribution in [2.75, 3.05) is 34.4 Å². The van der Waals surface area contributed by atoms with Crippen molar-refractivity contribution in [3.05, 3.63) is 35.9 Å². The Kier molecular flexibility index (Phi) is 16.7. The molecule has 0 saturated carbocycles. The van der Waals surface area contributed by atoms with Gasteiger partial charge in [-0.05, 0) is 63.0 Å². The minimum Gasteiger partial charge on any atom is -0.480 e. The Morgan fingerprint density at radius 3 is 2.25 bits per heavy atom. The van der Waals surface area contributed by atoms with Crippen molar-refractivity contribution >= 4 is 29.6 Å². The molecule has 13 heteroatoms. The molecule has 2 saturated heterocycles. The molecule has 0 aliphatic carbocycles. The number of hydrogen-bond donors (Lipinski definition) is 4. The summed E-state index contributed by atoms with van der Waals surface area (Å²) in [5, 5.41) is 18.9. The number of carboxylic acid groups (broad SMARTS) is 1. The maximum atomic E-state index is 14.2. The van der Waals surface area contributed by atoms with Gasteiger partial charge < -0.3 is 40.3 Å². The van der Waals surface area contributed by atoms with Crippen LogP contribution in [0.15, 0.2) is 30.3 Å². The monoisotopic (exact) mass is 743 g/mol. The first-order valence-corrected chi connectivity index (χ1v) is 19.3. The number of benzene rings is 1. The van der Waals surface area contributed by atoms with E-state index >= 15 is 0 Å². The molecule has 2 aliphatic rings. The summed E-state index contributed by atoms with van der Waals surface area (Å²) in [4.78, 5) is 70.8. The lowest BCUT2D eigenvalue weighted by atomic mass is 9.88. The maximum absolute atomic E-state index is 14.2. The van der Waals surface area contributed by atoms with Crippen molar-refractivity contribution in [3.63, 3.8) is 0 Å². The molecular weight excluding hydrogens is 678 g/mol. The number of carboxylic acids is 1. The number of ether oxygens (including phenoxy) is 2. The number of amides is 4. The summed E-state index contributed by atoms with van der Waals surface area (Å²) < 4.78 is 11.9. The number of nitrogens with zero attached hydrogens (tertiary/aromatic N) is 2. The highest BCUT2D eigenvalue weighted by Crippen LogP contribution is 2.30. The van der Waals surface area contributed by atoms with Gasteiger partial charge in [0.05, 0.1) is 42.2 Å². The van der Waals surface area contributed by atoms with E-state index in [1.165, 1.54) is 7.11 Å². The van der Waals surface area contributed by atoms with Gasteiger partial charge in [-0.3, -0.25) is 19.2 Å². The van der Waals surface area contributed by atoms with Crippen LogP contribution in [0.5, 0.6) is 0 Å². The lowest BCUT2D eigenvalue weighted by Gasteiger charge is -2.41. The molecule has 9 atom stereocenters. The number of likely N-dealkylation sites (tertiary alicyclic amines) is 1. The highest BCUT2D eigenvalue weighted by atomic mass is 16.5. The van der Waals surface area contributed by atoms with Crippen molar-refractivity contribution in [2.24, 2.45) is 17.8 Å². The molecule has 4 N–H and O–H groups in total. The molecule has 1 aromatic carbocycles. The van der Waals surface area contributed by atoms with Gasteiger partial charge in [0.2, 0.25) is 23.6 Å². The minimum absolute atomic E-state index is 0.00447. The summed E-state index contributed by atoms with van der Waals surface area (Å²) in [6, 6.07) is 6.34. The highest BCUT2D eigenvalue weighted by Gasteiger charge is 2.44. The van der Waals surface area contributed by atoms with Crippen LogP contribution in [0.4, 0.5) is 0 Å². The molecule has 2 heterocycles. The first-order valence-electron chi connectivity index (χ1n) is 19.3. The number of hydrogen-bond acceptors (Lipinski definition) is 8. The van der Waals surface area contributed by atoms with Gasteiger partial charge in [0.15, 0.2) is 0 Å². The van der Waals surface area contributed by atoms with Crippen LogP contribution in [0.2, 0.25) is 0 Å². The zero-order valence-corrected chi connectivity index (χ0v) is 33.4. The zero-order valence-electron chi connectivity index (χ0n) is 33.4. The molecule has 0 spiro atoms. The molecule has 0 radical (unpaired) electrons. The van der Waals surface area contributed by atoms with Crippen LogP contribution in [0.1, 0.15) is 92.1 Å². The second-order valence-corrected chi connectivity index (χ2v) is 15.6. The highest BCUT2D eigenvalue weighted by molar-refractivity contribution is 5.92. The maximum Gasteiger partial charge on any atom is 0.326 e. The summed E-state index contributed by atoms with van der Waals surface area (Å²) in [6.07, 6.45) is 3.49. The van der Waals surface area contributed by atoms with Crippen LogP contribution in [0.25, 0.3) is 0 Å². The van der Waals surface area contributed by atoms with E-state index in [-0.39, 0.29) is 42.4 Å². The molecule has 0 unspecified atom stereocenters. The van der Waals surface area contributed by atoms with E-state index in [2.05, 4.69) is 16.0 Å². The molecule has 298 valence electrons. The van der Waals surface area contributed by atoms with Gasteiger partial charge in [0, 0.05) is 34.2 Å². The number of piperidine rings is 1. The summed E-state index contributed by atoms with van der Waals surface area (Å²) in [5.41, 5.74) is 0.0435. The van der Waals surface area contributed by atoms with E-state index in [0.717, 1.165) is 31.4 Å². The van der Waals surface area contributed by atoms with E-state index in [4.69, 9.17) is 9.47 Å². The molecular formula is C40H65N5O8. The van der Waals surface area contributed by atoms with Crippen molar-refractivity contribution in [2.45, 2.75) is 135 Å². The predicted molar refractivity (Wildman–Crippen MR) is 203 cm³/mol. The second kappa shape index (κ2) is 20.2. The van der Waals surface area contributed by atoms with Crippen LogP contribution in [-0.4, -0.2) is 121 Å². The fourth-order valence-electron chi connectivity index (χ4n) is 7.94. The summed E-state index contributed by atoms with van der Waals surface area (Å²) in [7, 11) is 4.77. The van der Waals surface area contributed by atoms with Gasteiger partial charge in [-0.2, -0.15) is 0 Å². The van der Waals surface area contributed by atoms with Gasteiger partial charge in [-0.1, -0.05) is 71.4 Å². The zero-order chi connectivity index (χ0) is 39.5. The number of methoxy groups -OCH3 is 2. The third kappa shape index (κ3) is 11.2. The van der Waals surface area contributed by atoms with E-state index in [1.807, 2.05) is 65.0 Å². The first-order chi connectivity index (χ1) is 25.1. The average Bonchev–Trinajstić information content (AvgIpc) is 3.63. The molecule has 2 aliphatic heterocycles. The number of rotatable bonds is 19. The van der Waals surface area contributed by atoms with Gasteiger partial charge in [0.1, 0.15) is 12.1 Å². The summed E-state index contributed by atoms with van der Waals surface area (Å²) >= 11 is 0. The normalized spacial score (nSPS) is 22.9. The molecule has 1 aromatic rings. The van der Waals surface area contributed by atoms with Gasteiger partial charge in [-0.15, -0.1) is 0 Å². The molecule has 2 fully saturated rings. The van der Waals surface area contributed by atoms with Gasteiger partial charge in [0.25, 0.3) is 0 Å². The van der Waals surface area contributed by atoms with Crippen molar-refractivity contribution in [1.29, 1.82) is 0 Å². The molecule has 4 amide bonds. The van der Waals surface area contributed by atoms with Gasteiger partial charge >= 0.3 is 5.97 Å². The second-order valence-electron chi connectivity index (χ2n) is 15.6. The minimum atomic E-state index is -1.14. The molecule has 13 nitrogen and oxygen atoms in total. The van der Waals surface area contributed by atoms with Crippen molar-refractivity contribution in [1.82, 2.24) is 25.8 Å². The number of nitrogens with one attached hydrogen (secondary N) is 3. The average molecular weight is 744 g/mol. The smallest absolute Gasteiger partial charge is 0.326 e. The largest absolute Gasteiger partial charge is 0.480 e. The summed E-state index contributed by atoms with van der Waals surface area (Å²) in [5.74, 6) is -3.18. The fraction of sp³-hybridized carbons (Fsp3) is 0.725. The number of aliphatic carboxylic acids is 1. The number of likely N-dealkylation sites (N-methyl/N-ethyl adjacent to an activating group) is 1. The Morgan fingerprint density at radius 2 is 1.70 bits per heavy atom. The lowest BCUT2D eigenvalue weighted by molar-refractivity contribution is -0.148. The standard InChI is InChI=1S/C40H65N5O8/c1-10-26(4)34(44(7)37(48)33(25(2)3)43-39(51)40(6)20-14-15-21-41-40)31(52-8)24-32(46)45-22-16-19-30(45)35(53-9)27(5)36(47)42-29(38(49)50)23-28-17-12-11-13-18-28/h11-13,17-18,25-27,29-31,33-35,41H,10,14-16,19-24H2,1-9H3,(H,42,47)(H,43,51)(H,49,50)/t26-,27+,29-,30-,31+,33-,34-,35+,40+/m0/s1. The number of carbonyl (C=O) groups excluding carboxylic acids is 4. The fourth-order valence-corrected chi connectivity index (χ4v) is 7.94. The number of carbonyl (C=O) groups is 5. The molecule has 3 rings (SSSR count). The Morgan fingerprint density at radius 1 is 1.02 bits per heavy atom. The topological polar surface area (TPSA) is 167 Å². The molecule has 0 bridgehead atoms. The van der Waals surface area contributed by atoms with Crippen molar-refractivity contribution in [3.8, 4) is 0 Å². The van der Waals surface area contributed by atoms with E-state index < -0.39 is 59.7 Å². The third-order valence-corrected chi connectivity index (χ3v) is 11.5. The first kappa shape index (κ1) is 43.9. The van der Waals surface area contributed by atoms with Crippen molar-refractivity contribution < 1.29 is 38.6 Å². The van der Waals surface area contributed by atoms with E-state index in [0.29, 0.717) is 25.8 Å². The van der Waals surface area contributed by atoms with E-state index in [9.17, 15) is 29.1 Å². The van der Waals surface area contributed by atoms with E-state index in [1.54, 1.807) is 30.9 Å². The molecule has 53 heavy (non-hydrogen) atoms. The Bertz CT molecular complexity index is 1370. The quantitative estimate of drug-likeness (QED) is 0.166. The summed E-state index contributed by atoms with van der Waals surface area (Å²) in [6.45, 7) is 12.7. The molecule has 0 aromatic heterocycles. The van der Waals surface area contributed by atoms with Gasteiger partial charge in [-0.25, -0.2) is 4.79 Å². The SMILES string of the molecule is CC[C@H](C)[C@@H]([C@@H](CC(=O)N1CCC[C@H]1[C@H](OC)[C@@H](C)C(=O)N[C@@H](Cc1ccccc1)C(=O)O)OC)N(C)C(=O)[C@@H](NC(=O)[C@@]1(C)CCCCN1)C(C)C. The Balaban J connectivity index is 1.76. The van der Waals surface area contributed by atoms with Crippen LogP contribution < -0.4 is 16.0 Å². The third-order valence-electron chi connectivity index (χ3n) is 11.5. The van der Waals surface area contributed by atoms with Crippen LogP contribution in [-0.2, 0) is 39.9 Å².